The second kappa shape index (κ2) is 1.41. The molecule has 0 rings (SSSR count). The van der Waals surface area contributed by atoms with Gasteiger partial charge < -0.3 is 5.73 Å². The van der Waals surface area contributed by atoms with Gasteiger partial charge in [-0.1, -0.05) is 5.84 Å². The van der Waals surface area contributed by atoms with Crippen molar-refractivity contribution in [1.29, 1.82) is 0 Å². The van der Waals surface area contributed by atoms with E-state index in [9.17, 15) is 0 Å². The molecule has 0 atom stereocenters. The summed E-state index contributed by atoms with van der Waals surface area (Å²) in [5, 5.41) is 0. The first-order chi connectivity index (χ1) is 1.73. The van der Waals surface area contributed by atoms with Crippen molar-refractivity contribution in [3.05, 3.63) is 0 Å². The lowest BCUT2D eigenvalue weighted by molar-refractivity contribution is 1.27. The van der Waals surface area contributed by atoms with Gasteiger partial charge in [-0.2, -0.15) is 0 Å². The summed E-state index contributed by atoms with van der Waals surface area (Å²) in [4.78, 5) is 0. The maximum atomic E-state index is 4.67. The highest BCUT2D eigenvalue weighted by atomic mass is 14.5. The summed E-state index contributed by atoms with van der Waals surface area (Å²) < 4.78 is 0. The molecule has 0 unspecified atom stereocenters. The van der Waals surface area contributed by atoms with Crippen molar-refractivity contribution in [3.8, 4) is 0 Å². The smallest absolute Gasteiger partial charge is 0.0771 e. The SMILES string of the molecule is [B]C([B])N. The Bertz CT molecular complexity index is 10.8. The van der Waals surface area contributed by atoms with E-state index in [2.05, 4.69) is 21.4 Å². The summed E-state index contributed by atoms with van der Waals surface area (Å²) in [6.45, 7) is 0. The van der Waals surface area contributed by atoms with Crippen molar-refractivity contribution < 1.29 is 0 Å². The summed E-state index contributed by atoms with van der Waals surface area (Å²) >= 11 is 0. The molecule has 0 saturated heterocycles. The molecule has 3 heteroatoms. The van der Waals surface area contributed by atoms with E-state index in [0.717, 1.165) is 0 Å². The molecule has 0 heterocycles. The van der Waals surface area contributed by atoms with Gasteiger partial charge in [0.25, 0.3) is 0 Å². The first-order valence-electron chi connectivity index (χ1n) is 1.00. The molecule has 1 nitrogen and oxygen atoms in total. The molecule has 4 radical (unpaired) electrons. The van der Waals surface area contributed by atoms with E-state index >= 15 is 0 Å². The summed E-state index contributed by atoms with van der Waals surface area (Å²) in [5.41, 5.74) is 4.67. The molecular formula is CH3B2N. The molecule has 0 amide bonds. The molecule has 0 fully saturated rings. The number of rotatable bonds is 0. The van der Waals surface area contributed by atoms with Gasteiger partial charge >= 0.3 is 0 Å². The van der Waals surface area contributed by atoms with E-state index < -0.39 is 5.84 Å². The third-order valence-electron chi connectivity index (χ3n) is 0. The van der Waals surface area contributed by atoms with Crippen LogP contribution in [0.5, 0.6) is 0 Å². The van der Waals surface area contributed by atoms with Crippen LogP contribution >= 0.6 is 0 Å². The quantitative estimate of drug-likeness (QED) is 0.335. The lowest BCUT2D eigenvalue weighted by Crippen LogP contribution is -2.18. The van der Waals surface area contributed by atoms with Crippen LogP contribution in [0.15, 0.2) is 0 Å². The van der Waals surface area contributed by atoms with Crippen LogP contribution in [0.2, 0.25) is 0 Å². The van der Waals surface area contributed by atoms with Gasteiger partial charge in [0.05, 0.1) is 15.7 Å². The fraction of sp³-hybridized carbons (Fsp3) is 1.00. The molecule has 0 spiro atoms. The minimum absolute atomic E-state index is 0.667. The molecule has 0 aromatic carbocycles. The van der Waals surface area contributed by atoms with E-state index in [-0.39, 0.29) is 0 Å². The zero-order valence-electron chi connectivity index (χ0n) is 2.31. The molecular weight excluding hydrogens is 47.6 g/mol. The Hall–Kier alpha value is 0.0899. The number of hydrogen-bond donors (Lipinski definition) is 1. The standard InChI is InChI=1S/CH3B2N/c2-1(3)4/h1H,4H2. The van der Waals surface area contributed by atoms with Crippen LogP contribution in [-0.2, 0) is 0 Å². The monoisotopic (exact) mass is 51.0 g/mol. The van der Waals surface area contributed by atoms with Gasteiger partial charge in [-0.05, 0) is 0 Å². The maximum Gasteiger partial charge on any atom is 0.0771 e. The van der Waals surface area contributed by atoms with Crippen LogP contribution in [-0.4, -0.2) is 21.5 Å². The van der Waals surface area contributed by atoms with Gasteiger partial charge in [-0.15, -0.1) is 0 Å². The first-order valence-corrected chi connectivity index (χ1v) is 1.00. The van der Waals surface area contributed by atoms with E-state index in [1.807, 2.05) is 0 Å². The topological polar surface area (TPSA) is 26.0 Å². The van der Waals surface area contributed by atoms with Crippen molar-refractivity contribution >= 4 is 15.7 Å². The molecule has 0 aliphatic carbocycles. The third-order valence-corrected chi connectivity index (χ3v) is 0. The fourth-order valence-electron chi connectivity index (χ4n) is 0. The Balaban J connectivity index is 2.32. The van der Waals surface area contributed by atoms with E-state index in [1.165, 1.54) is 0 Å². The largest absolute Gasteiger partial charge is 0.344 e. The maximum absolute atomic E-state index is 4.67. The van der Waals surface area contributed by atoms with Gasteiger partial charge in [0, 0.05) is 0 Å². The Morgan fingerprint density at radius 3 is 1.50 bits per heavy atom. The fourth-order valence-corrected chi connectivity index (χ4v) is 0. The van der Waals surface area contributed by atoms with Gasteiger partial charge in [0.1, 0.15) is 0 Å². The average Bonchev–Trinajstić information content (AvgIpc) is 0.811. The van der Waals surface area contributed by atoms with Crippen LogP contribution in [0, 0.1) is 0 Å². The molecule has 18 valence electrons. The van der Waals surface area contributed by atoms with Crippen LogP contribution < -0.4 is 5.73 Å². The van der Waals surface area contributed by atoms with Crippen molar-refractivity contribution in [3.63, 3.8) is 0 Å². The normalized spacial score (nSPS) is 8.50. The van der Waals surface area contributed by atoms with E-state index in [0.29, 0.717) is 0 Å². The second-order valence-corrected chi connectivity index (χ2v) is 0.577. The van der Waals surface area contributed by atoms with Gasteiger partial charge in [-0.25, -0.2) is 0 Å². The molecule has 0 aliphatic rings. The van der Waals surface area contributed by atoms with Gasteiger partial charge in [0.2, 0.25) is 0 Å². The number of nitrogens with two attached hydrogens (primary N) is 1. The van der Waals surface area contributed by atoms with Crippen LogP contribution in [0.3, 0.4) is 0 Å². The molecule has 0 aromatic heterocycles. The Kier molecular flexibility index (Phi) is 1.45. The van der Waals surface area contributed by atoms with Crippen molar-refractivity contribution in [2.24, 2.45) is 5.73 Å². The van der Waals surface area contributed by atoms with Crippen molar-refractivity contribution in [2.45, 2.75) is 5.84 Å². The van der Waals surface area contributed by atoms with Crippen LogP contribution in [0.4, 0.5) is 0 Å². The van der Waals surface area contributed by atoms with Crippen LogP contribution in [0.25, 0.3) is 0 Å². The highest BCUT2D eigenvalue weighted by molar-refractivity contribution is 6.35. The highest BCUT2D eigenvalue weighted by Gasteiger charge is 1.68. The van der Waals surface area contributed by atoms with E-state index in [4.69, 9.17) is 0 Å². The molecule has 0 aliphatic heterocycles. The van der Waals surface area contributed by atoms with Gasteiger partial charge in [-0.3, -0.25) is 0 Å². The minimum atomic E-state index is -0.667. The average molecular weight is 50.7 g/mol. The predicted octanol–water partition coefficient (Wildman–Crippen LogP) is -1.43. The zero-order chi connectivity index (χ0) is 3.58. The Morgan fingerprint density at radius 1 is 1.50 bits per heavy atom. The first kappa shape index (κ1) is 4.09. The molecule has 0 saturated carbocycles. The van der Waals surface area contributed by atoms with E-state index in [1.54, 1.807) is 0 Å². The highest BCUT2D eigenvalue weighted by Crippen LogP contribution is 1.36. The lowest BCUT2D eigenvalue weighted by Gasteiger charge is -1.81. The summed E-state index contributed by atoms with van der Waals surface area (Å²) in [6, 6.07) is 0. The van der Waals surface area contributed by atoms with Crippen molar-refractivity contribution in [2.75, 3.05) is 0 Å². The number of hydrogen-bond acceptors (Lipinski definition) is 1. The lowest BCUT2D eigenvalue weighted by atomic mass is 9.80. The Labute approximate surface area is 28.4 Å². The molecule has 2 N–H and O–H groups in total. The van der Waals surface area contributed by atoms with Gasteiger partial charge in [0.15, 0.2) is 0 Å². The summed E-state index contributed by atoms with van der Waals surface area (Å²) in [7, 11) is 9.33. The second-order valence-electron chi connectivity index (χ2n) is 0.577. The zero-order valence-corrected chi connectivity index (χ0v) is 2.31. The van der Waals surface area contributed by atoms with Crippen LogP contribution in [0.1, 0.15) is 0 Å². The minimum Gasteiger partial charge on any atom is -0.344 e. The molecule has 0 bridgehead atoms. The summed E-state index contributed by atoms with van der Waals surface area (Å²) in [5.74, 6) is -0.667. The predicted molar refractivity (Wildman–Crippen MR) is 19.5 cm³/mol. The summed E-state index contributed by atoms with van der Waals surface area (Å²) in [6.07, 6.45) is 0. The van der Waals surface area contributed by atoms with Crippen molar-refractivity contribution in [1.82, 2.24) is 0 Å². The molecule has 4 heavy (non-hydrogen) atoms. The Morgan fingerprint density at radius 2 is 1.50 bits per heavy atom. The molecule has 0 aromatic rings. The third kappa shape index (κ3) is 307.